The Morgan fingerprint density at radius 1 is 1.00 bits per heavy atom. The average Bonchev–Trinajstić information content (AvgIpc) is 2.39. The molecule has 0 amide bonds. The number of rotatable bonds is 14. The van der Waals surface area contributed by atoms with Crippen LogP contribution in [-0.2, 0) is 9.47 Å². The van der Waals surface area contributed by atoms with E-state index in [1.54, 1.807) is 0 Å². The Bertz CT molecular complexity index is 170. The monoisotopic (exact) mass is 274 g/mol. The van der Waals surface area contributed by atoms with Gasteiger partial charge in [0.15, 0.2) is 0 Å². The van der Waals surface area contributed by atoms with Crippen LogP contribution in [0.3, 0.4) is 0 Å². The lowest BCUT2D eigenvalue weighted by atomic mass is 10.1. The second kappa shape index (κ2) is 14.3. The SMILES string of the molecule is CCCNCC(C)CN(CCOCC)CCOCC. The molecule has 19 heavy (non-hydrogen) atoms. The van der Waals surface area contributed by atoms with Gasteiger partial charge in [-0.2, -0.15) is 0 Å². The van der Waals surface area contributed by atoms with Gasteiger partial charge in [-0.1, -0.05) is 13.8 Å². The standard InChI is InChI=1S/C15H34N2O2/c1-5-8-16-13-15(4)14-17(9-11-18-6-2)10-12-19-7-3/h15-16H,5-14H2,1-4H3. The van der Waals surface area contributed by atoms with E-state index in [9.17, 15) is 0 Å². The first-order valence-electron chi connectivity index (χ1n) is 7.83. The summed E-state index contributed by atoms with van der Waals surface area (Å²) in [4.78, 5) is 2.45. The van der Waals surface area contributed by atoms with Gasteiger partial charge in [0.2, 0.25) is 0 Å². The molecule has 0 fully saturated rings. The highest BCUT2D eigenvalue weighted by molar-refractivity contribution is 4.65. The molecule has 0 spiro atoms. The summed E-state index contributed by atoms with van der Waals surface area (Å²) >= 11 is 0. The lowest BCUT2D eigenvalue weighted by Crippen LogP contribution is -2.37. The number of hydrogen-bond acceptors (Lipinski definition) is 4. The van der Waals surface area contributed by atoms with E-state index in [1.165, 1.54) is 6.42 Å². The molecular weight excluding hydrogens is 240 g/mol. The summed E-state index contributed by atoms with van der Waals surface area (Å²) < 4.78 is 10.9. The maximum Gasteiger partial charge on any atom is 0.0593 e. The van der Waals surface area contributed by atoms with Crippen LogP contribution in [-0.4, -0.2) is 64.1 Å². The van der Waals surface area contributed by atoms with E-state index in [0.717, 1.165) is 59.2 Å². The molecule has 0 aliphatic heterocycles. The van der Waals surface area contributed by atoms with Crippen molar-refractivity contribution in [3.63, 3.8) is 0 Å². The fourth-order valence-corrected chi connectivity index (χ4v) is 2.00. The van der Waals surface area contributed by atoms with Crippen LogP contribution >= 0.6 is 0 Å². The smallest absolute Gasteiger partial charge is 0.0593 e. The van der Waals surface area contributed by atoms with Gasteiger partial charge in [0, 0.05) is 32.8 Å². The lowest BCUT2D eigenvalue weighted by molar-refractivity contribution is 0.0768. The minimum atomic E-state index is 0.662. The van der Waals surface area contributed by atoms with E-state index in [4.69, 9.17) is 9.47 Å². The number of nitrogens with one attached hydrogen (secondary N) is 1. The molecule has 1 N–H and O–H groups in total. The highest BCUT2D eigenvalue weighted by Gasteiger charge is 2.10. The first-order chi connectivity index (χ1) is 9.24. The van der Waals surface area contributed by atoms with Gasteiger partial charge >= 0.3 is 0 Å². The molecule has 4 nitrogen and oxygen atoms in total. The van der Waals surface area contributed by atoms with Crippen molar-refractivity contribution in [1.82, 2.24) is 10.2 Å². The van der Waals surface area contributed by atoms with Crippen LogP contribution in [0.2, 0.25) is 0 Å². The first kappa shape index (κ1) is 18.8. The maximum absolute atomic E-state index is 5.45. The fourth-order valence-electron chi connectivity index (χ4n) is 2.00. The molecule has 0 heterocycles. The number of hydrogen-bond donors (Lipinski definition) is 1. The Kier molecular flexibility index (Phi) is 14.1. The predicted molar refractivity (Wildman–Crippen MR) is 81.8 cm³/mol. The Balaban J connectivity index is 3.86. The van der Waals surface area contributed by atoms with Crippen LogP contribution in [0.4, 0.5) is 0 Å². The minimum absolute atomic E-state index is 0.662. The zero-order valence-electron chi connectivity index (χ0n) is 13.4. The van der Waals surface area contributed by atoms with Crippen molar-refractivity contribution in [2.75, 3.05) is 59.2 Å². The van der Waals surface area contributed by atoms with Crippen molar-refractivity contribution < 1.29 is 9.47 Å². The zero-order chi connectivity index (χ0) is 14.3. The summed E-state index contributed by atoms with van der Waals surface area (Å²) in [6.45, 7) is 17.1. The molecule has 116 valence electrons. The normalized spacial score (nSPS) is 13.1. The van der Waals surface area contributed by atoms with Gasteiger partial charge in [0.25, 0.3) is 0 Å². The summed E-state index contributed by atoms with van der Waals surface area (Å²) in [5.41, 5.74) is 0. The zero-order valence-corrected chi connectivity index (χ0v) is 13.4. The van der Waals surface area contributed by atoms with Crippen molar-refractivity contribution in [3.05, 3.63) is 0 Å². The van der Waals surface area contributed by atoms with Crippen LogP contribution < -0.4 is 5.32 Å². The van der Waals surface area contributed by atoms with Gasteiger partial charge < -0.3 is 14.8 Å². The summed E-state index contributed by atoms with van der Waals surface area (Å²) in [5.74, 6) is 0.662. The quantitative estimate of drug-likeness (QED) is 0.491. The topological polar surface area (TPSA) is 33.7 Å². The molecule has 0 bridgehead atoms. The summed E-state index contributed by atoms with van der Waals surface area (Å²) in [5, 5.41) is 3.49. The third-order valence-electron chi connectivity index (χ3n) is 3.00. The molecule has 4 heteroatoms. The molecule has 0 saturated heterocycles. The molecule has 0 aromatic rings. The van der Waals surface area contributed by atoms with Gasteiger partial charge in [-0.15, -0.1) is 0 Å². The van der Waals surface area contributed by atoms with Crippen LogP contribution in [0, 0.1) is 5.92 Å². The predicted octanol–water partition coefficient (Wildman–Crippen LogP) is 2.00. The van der Waals surface area contributed by atoms with Crippen LogP contribution in [0.5, 0.6) is 0 Å². The largest absolute Gasteiger partial charge is 0.380 e. The first-order valence-corrected chi connectivity index (χ1v) is 7.83. The molecule has 1 atom stereocenters. The van der Waals surface area contributed by atoms with Gasteiger partial charge in [0.05, 0.1) is 13.2 Å². The van der Waals surface area contributed by atoms with E-state index in [1.807, 2.05) is 13.8 Å². The van der Waals surface area contributed by atoms with Gasteiger partial charge in [-0.05, 0) is 39.3 Å². The van der Waals surface area contributed by atoms with Crippen molar-refractivity contribution in [2.45, 2.75) is 34.1 Å². The maximum atomic E-state index is 5.45. The summed E-state index contributed by atoms with van der Waals surface area (Å²) in [6.07, 6.45) is 1.20. The van der Waals surface area contributed by atoms with Crippen molar-refractivity contribution in [3.8, 4) is 0 Å². The molecule has 0 rings (SSSR count). The molecule has 0 radical (unpaired) electrons. The summed E-state index contributed by atoms with van der Waals surface area (Å²) in [6, 6.07) is 0. The minimum Gasteiger partial charge on any atom is -0.380 e. The fraction of sp³-hybridized carbons (Fsp3) is 1.00. The molecule has 0 aliphatic rings. The molecule has 0 aliphatic carbocycles. The molecular formula is C15H34N2O2. The second-order valence-corrected chi connectivity index (χ2v) is 5.00. The third kappa shape index (κ3) is 12.6. The Morgan fingerprint density at radius 2 is 1.58 bits per heavy atom. The Morgan fingerprint density at radius 3 is 2.05 bits per heavy atom. The average molecular weight is 274 g/mol. The second-order valence-electron chi connectivity index (χ2n) is 5.00. The Labute approximate surface area is 119 Å². The van der Waals surface area contributed by atoms with Crippen LogP contribution in [0.1, 0.15) is 34.1 Å². The van der Waals surface area contributed by atoms with E-state index in [2.05, 4.69) is 24.1 Å². The molecule has 0 aromatic heterocycles. The van der Waals surface area contributed by atoms with E-state index in [0.29, 0.717) is 5.92 Å². The summed E-state index contributed by atoms with van der Waals surface area (Å²) in [7, 11) is 0. The van der Waals surface area contributed by atoms with Crippen molar-refractivity contribution >= 4 is 0 Å². The van der Waals surface area contributed by atoms with Gasteiger partial charge in [-0.3, -0.25) is 4.90 Å². The highest BCUT2D eigenvalue weighted by Crippen LogP contribution is 2.00. The molecule has 1 unspecified atom stereocenters. The van der Waals surface area contributed by atoms with E-state index in [-0.39, 0.29) is 0 Å². The van der Waals surface area contributed by atoms with Crippen molar-refractivity contribution in [1.29, 1.82) is 0 Å². The van der Waals surface area contributed by atoms with Gasteiger partial charge in [-0.25, -0.2) is 0 Å². The van der Waals surface area contributed by atoms with Crippen LogP contribution in [0.25, 0.3) is 0 Å². The third-order valence-corrected chi connectivity index (χ3v) is 3.00. The Hall–Kier alpha value is -0.160. The highest BCUT2D eigenvalue weighted by atomic mass is 16.5. The molecule has 0 saturated carbocycles. The lowest BCUT2D eigenvalue weighted by Gasteiger charge is -2.25. The number of ether oxygens (including phenoxy) is 2. The van der Waals surface area contributed by atoms with Gasteiger partial charge in [0.1, 0.15) is 0 Å². The van der Waals surface area contributed by atoms with Crippen LogP contribution in [0.15, 0.2) is 0 Å². The van der Waals surface area contributed by atoms with E-state index < -0.39 is 0 Å². The molecule has 0 aromatic carbocycles. The van der Waals surface area contributed by atoms with Crippen molar-refractivity contribution in [2.24, 2.45) is 5.92 Å². The van der Waals surface area contributed by atoms with E-state index >= 15 is 0 Å². The number of nitrogens with zero attached hydrogens (tertiary/aromatic N) is 1.